The molecule has 3 aromatic rings. The number of nitrogens with zero attached hydrogens (tertiary/aromatic N) is 4. The van der Waals surface area contributed by atoms with Crippen molar-refractivity contribution in [3.8, 4) is 0 Å². The van der Waals surface area contributed by atoms with E-state index in [4.69, 9.17) is 27.6 Å². The van der Waals surface area contributed by atoms with Crippen molar-refractivity contribution in [2.75, 3.05) is 19.6 Å². The molecule has 2 aliphatic rings. The number of carbonyl (C=O) groups is 1. The van der Waals surface area contributed by atoms with Crippen LogP contribution in [-0.2, 0) is 17.3 Å². The fourth-order valence-corrected chi connectivity index (χ4v) is 4.92. The summed E-state index contributed by atoms with van der Waals surface area (Å²) >= 11 is 13.2. The van der Waals surface area contributed by atoms with Crippen LogP contribution in [0.4, 0.5) is 8.78 Å². The highest BCUT2D eigenvalue weighted by Gasteiger charge is 2.60. The molecule has 2 fully saturated rings. The van der Waals surface area contributed by atoms with Gasteiger partial charge in [-0.15, -0.1) is 21.5 Å². The van der Waals surface area contributed by atoms with Crippen LogP contribution in [0.25, 0.3) is 0 Å². The zero-order valence-corrected chi connectivity index (χ0v) is 18.1. The maximum Gasteiger partial charge on any atom is 0.349 e. The summed E-state index contributed by atoms with van der Waals surface area (Å²) in [6.07, 6.45) is 1.71. The molecule has 1 spiro atoms. The summed E-state index contributed by atoms with van der Waals surface area (Å²) in [5, 5.41) is 10.8. The van der Waals surface area contributed by atoms with E-state index in [0.717, 1.165) is 17.0 Å². The largest absolute Gasteiger partial charge is 0.419 e. The van der Waals surface area contributed by atoms with Crippen LogP contribution in [0.15, 0.2) is 34.3 Å². The molecule has 0 radical (unpaired) electrons. The SMILES string of the molecule is O=C1N(Cc2cncs2)CC(c2nnc(C(F)(F)c3ccc(Cl)c(Cl)c3)o2)C12CNC2. The highest BCUT2D eigenvalue weighted by molar-refractivity contribution is 7.09. The van der Waals surface area contributed by atoms with Crippen molar-refractivity contribution in [1.82, 2.24) is 25.4 Å². The molecule has 4 heterocycles. The first-order chi connectivity index (χ1) is 14.8. The highest BCUT2D eigenvalue weighted by atomic mass is 35.5. The van der Waals surface area contributed by atoms with E-state index in [2.05, 4.69) is 20.5 Å². The number of thiazole rings is 1. The van der Waals surface area contributed by atoms with Crippen LogP contribution in [0.1, 0.15) is 28.1 Å². The standard InChI is InChI=1S/C19H15Cl2F2N5O2S/c20-13-2-1-10(3-14(13)21)19(22,23)16-27-26-15(30-16)12-6-28(5-11-4-24-9-31-11)17(29)18(12)7-25-8-18/h1-4,9,12,25H,5-8H2. The van der Waals surface area contributed by atoms with Gasteiger partial charge in [0.2, 0.25) is 11.8 Å². The number of amides is 1. The number of alkyl halides is 2. The van der Waals surface area contributed by atoms with Crippen molar-refractivity contribution in [3.63, 3.8) is 0 Å². The van der Waals surface area contributed by atoms with Crippen molar-refractivity contribution in [2.24, 2.45) is 5.41 Å². The number of aromatic nitrogens is 3. The van der Waals surface area contributed by atoms with E-state index < -0.39 is 28.7 Å². The van der Waals surface area contributed by atoms with E-state index in [0.29, 0.717) is 26.2 Å². The average Bonchev–Trinajstić information content (AvgIpc) is 3.43. The molecule has 1 atom stereocenters. The maximum absolute atomic E-state index is 15.0. The van der Waals surface area contributed by atoms with E-state index in [9.17, 15) is 4.79 Å². The molecule has 2 aromatic heterocycles. The van der Waals surface area contributed by atoms with Gasteiger partial charge in [0.25, 0.3) is 5.89 Å². The Balaban J connectivity index is 1.44. The lowest BCUT2D eigenvalue weighted by molar-refractivity contribution is -0.139. The normalized spacial score (nSPS) is 20.5. The van der Waals surface area contributed by atoms with Crippen molar-refractivity contribution in [1.29, 1.82) is 0 Å². The lowest BCUT2D eigenvalue weighted by Gasteiger charge is -2.40. The Morgan fingerprint density at radius 1 is 1.29 bits per heavy atom. The van der Waals surface area contributed by atoms with Crippen LogP contribution in [-0.4, -0.2) is 45.6 Å². The van der Waals surface area contributed by atoms with E-state index in [1.807, 2.05) is 0 Å². The van der Waals surface area contributed by atoms with E-state index in [-0.39, 0.29) is 21.8 Å². The molecule has 1 amide bonds. The molecule has 2 saturated heterocycles. The molecule has 12 heteroatoms. The minimum atomic E-state index is -3.56. The molecule has 1 aromatic carbocycles. The zero-order valence-electron chi connectivity index (χ0n) is 15.8. The van der Waals surface area contributed by atoms with Gasteiger partial charge in [0, 0.05) is 36.3 Å². The number of hydrogen-bond acceptors (Lipinski definition) is 7. The number of rotatable bonds is 5. The number of nitrogens with one attached hydrogen (secondary N) is 1. The van der Waals surface area contributed by atoms with Gasteiger partial charge in [-0.25, -0.2) is 0 Å². The average molecular weight is 486 g/mol. The van der Waals surface area contributed by atoms with Gasteiger partial charge >= 0.3 is 5.92 Å². The van der Waals surface area contributed by atoms with E-state index in [1.165, 1.54) is 17.4 Å². The van der Waals surface area contributed by atoms with Crippen molar-refractivity contribution in [3.05, 3.63) is 62.2 Å². The minimum absolute atomic E-state index is 0.00169. The fourth-order valence-electron chi connectivity index (χ4n) is 4.01. The smallest absolute Gasteiger partial charge is 0.349 e. The second-order valence-electron chi connectivity index (χ2n) is 7.61. The third-order valence-corrected chi connectivity index (χ3v) is 7.29. The van der Waals surface area contributed by atoms with Crippen LogP contribution in [0.3, 0.4) is 0 Å². The van der Waals surface area contributed by atoms with Crippen LogP contribution in [0.5, 0.6) is 0 Å². The number of halogens is 4. The lowest BCUT2D eigenvalue weighted by atomic mass is 9.72. The van der Waals surface area contributed by atoms with Gasteiger partial charge in [0.1, 0.15) is 0 Å². The maximum atomic E-state index is 15.0. The number of carbonyl (C=O) groups excluding carboxylic acids is 1. The van der Waals surface area contributed by atoms with Crippen LogP contribution < -0.4 is 5.32 Å². The van der Waals surface area contributed by atoms with Gasteiger partial charge in [-0.1, -0.05) is 29.3 Å². The second-order valence-corrected chi connectivity index (χ2v) is 9.40. The zero-order chi connectivity index (χ0) is 21.8. The Labute approximate surface area is 189 Å². The summed E-state index contributed by atoms with van der Waals surface area (Å²) in [5.41, 5.74) is 0.517. The molecular weight excluding hydrogens is 471 g/mol. The molecular formula is C19H15Cl2F2N5O2S. The summed E-state index contributed by atoms with van der Waals surface area (Å²) < 4.78 is 35.5. The molecule has 7 nitrogen and oxygen atoms in total. The van der Waals surface area contributed by atoms with Crippen molar-refractivity contribution < 1.29 is 18.0 Å². The first-order valence-corrected chi connectivity index (χ1v) is 11.0. The minimum Gasteiger partial charge on any atom is -0.419 e. The molecule has 162 valence electrons. The Kier molecular flexibility index (Phi) is 5.00. The van der Waals surface area contributed by atoms with Gasteiger partial charge in [-0.3, -0.25) is 9.78 Å². The van der Waals surface area contributed by atoms with Gasteiger partial charge < -0.3 is 14.6 Å². The summed E-state index contributed by atoms with van der Waals surface area (Å²) in [6, 6.07) is 3.51. The number of hydrogen-bond donors (Lipinski definition) is 1. The molecule has 31 heavy (non-hydrogen) atoms. The Bertz CT molecular complexity index is 1140. The summed E-state index contributed by atoms with van der Waals surface area (Å²) in [4.78, 5) is 19.8. The quantitative estimate of drug-likeness (QED) is 0.593. The summed E-state index contributed by atoms with van der Waals surface area (Å²) in [6.45, 7) is 1.56. The third kappa shape index (κ3) is 3.32. The lowest BCUT2D eigenvalue weighted by Crippen LogP contribution is -2.59. The first-order valence-electron chi connectivity index (χ1n) is 9.36. The van der Waals surface area contributed by atoms with Crippen LogP contribution in [0, 0.1) is 5.41 Å². The first kappa shape index (κ1) is 20.7. The predicted octanol–water partition coefficient (Wildman–Crippen LogP) is 3.69. The molecule has 1 unspecified atom stereocenters. The third-order valence-electron chi connectivity index (χ3n) is 5.78. The molecule has 0 aliphatic carbocycles. The van der Waals surface area contributed by atoms with Gasteiger partial charge in [-0.05, 0) is 12.1 Å². The molecule has 5 rings (SSSR count). The van der Waals surface area contributed by atoms with Crippen LogP contribution >= 0.6 is 34.5 Å². The Morgan fingerprint density at radius 3 is 2.74 bits per heavy atom. The molecule has 1 N–H and O–H groups in total. The number of benzene rings is 1. The van der Waals surface area contributed by atoms with Crippen molar-refractivity contribution in [2.45, 2.75) is 18.4 Å². The summed E-state index contributed by atoms with van der Waals surface area (Å²) in [7, 11) is 0. The second kappa shape index (κ2) is 7.47. The van der Waals surface area contributed by atoms with E-state index >= 15 is 8.78 Å². The Morgan fingerprint density at radius 2 is 2.10 bits per heavy atom. The van der Waals surface area contributed by atoms with Crippen molar-refractivity contribution >= 4 is 40.4 Å². The highest BCUT2D eigenvalue weighted by Crippen LogP contribution is 2.47. The topological polar surface area (TPSA) is 84.2 Å². The number of likely N-dealkylation sites (tertiary alicyclic amines) is 1. The van der Waals surface area contributed by atoms with Gasteiger partial charge in [0.15, 0.2) is 0 Å². The van der Waals surface area contributed by atoms with Crippen LogP contribution in [0.2, 0.25) is 10.0 Å². The van der Waals surface area contributed by atoms with Gasteiger partial charge in [0.05, 0.1) is 33.4 Å². The monoisotopic (exact) mass is 485 g/mol. The fraction of sp³-hybridized carbons (Fsp3) is 0.368. The predicted molar refractivity (Wildman–Crippen MR) is 109 cm³/mol. The molecule has 0 saturated carbocycles. The summed E-state index contributed by atoms with van der Waals surface area (Å²) in [5.74, 6) is -4.93. The Hall–Kier alpha value is -2.14. The van der Waals surface area contributed by atoms with E-state index in [1.54, 1.807) is 16.6 Å². The molecule has 2 aliphatic heterocycles. The van der Waals surface area contributed by atoms with Gasteiger partial charge in [-0.2, -0.15) is 8.78 Å². The molecule has 0 bridgehead atoms.